The summed E-state index contributed by atoms with van der Waals surface area (Å²) in [5.74, 6) is -1.32. The van der Waals surface area contributed by atoms with Gasteiger partial charge in [0.1, 0.15) is 0 Å². The lowest BCUT2D eigenvalue weighted by Crippen LogP contribution is -2.22. The molecule has 60 valence electrons. The SMILES string of the molecule is CC(C1CC1Br)C(F)(F)F. The molecule has 1 aliphatic carbocycles. The smallest absolute Gasteiger partial charge is 0.171 e. The first-order valence-electron chi connectivity index (χ1n) is 3.13. The normalized spacial score (nSPS) is 35.7. The van der Waals surface area contributed by atoms with E-state index in [-0.39, 0.29) is 10.7 Å². The van der Waals surface area contributed by atoms with Gasteiger partial charge in [0.15, 0.2) is 0 Å². The molecule has 10 heavy (non-hydrogen) atoms. The topological polar surface area (TPSA) is 0 Å². The van der Waals surface area contributed by atoms with Crippen LogP contribution in [-0.4, -0.2) is 11.0 Å². The van der Waals surface area contributed by atoms with Gasteiger partial charge in [0.25, 0.3) is 0 Å². The summed E-state index contributed by atoms with van der Waals surface area (Å²) in [4.78, 5) is 0.101. The fraction of sp³-hybridized carbons (Fsp3) is 1.00. The van der Waals surface area contributed by atoms with E-state index in [0.29, 0.717) is 6.42 Å². The molecule has 1 rings (SSSR count). The first-order chi connectivity index (χ1) is 4.43. The Labute approximate surface area is 65.9 Å². The van der Waals surface area contributed by atoms with Crippen LogP contribution in [-0.2, 0) is 0 Å². The molecule has 0 bridgehead atoms. The summed E-state index contributed by atoms with van der Waals surface area (Å²) in [5.41, 5.74) is 0. The molecule has 1 aliphatic rings. The second kappa shape index (κ2) is 2.40. The fourth-order valence-corrected chi connectivity index (χ4v) is 1.83. The number of rotatable bonds is 1. The van der Waals surface area contributed by atoms with Crippen LogP contribution in [0.2, 0.25) is 0 Å². The van der Waals surface area contributed by atoms with Gasteiger partial charge >= 0.3 is 6.18 Å². The average Bonchev–Trinajstić information content (AvgIpc) is 2.42. The summed E-state index contributed by atoms with van der Waals surface area (Å²) < 4.78 is 35.7. The van der Waals surface area contributed by atoms with Gasteiger partial charge in [0, 0.05) is 4.83 Å². The summed E-state index contributed by atoms with van der Waals surface area (Å²) in [6, 6.07) is 0. The van der Waals surface area contributed by atoms with Gasteiger partial charge in [-0.3, -0.25) is 0 Å². The van der Waals surface area contributed by atoms with E-state index in [1.165, 1.54) is 6.92 Å². The Morgan fingerprint density at radius 2 is 1.90 bits per heavy atom. The van der Waals surface area contributed by atoms with Gasteiger partial charge in [0.05, 0.1) is 5.92 Å². The third-order valence-electron chi connectivity index (χ3n) is 1.92. The van der Waals surface area contributed by atoms with E-state index in [1.54, 1.807) is 0 Å². The van der Waals surface area contributed by atoms with Crippen LogP contribution < -0.4 is 0 Å². The maximum absolute atomic E-state index is 11.9. The van der Waals surface area contributed by atoms with Crippen molar-refractivity contribution >= 4 is 15.9 Å². The first kappa shape index (κ1) is 8.37. The van der Waals surface area contributed by atoms with Gasteiger partial charge in [-0.25, -0.2) is 0 Å². The van der Waals surface area contributed by atoms with Gasteiger partial charge in [-0.2, -0.15) is 13.2 Å². The van der Waals surface area contributed by atoms with Crippen LogP contribution >= 0.6 is 15.9 Å². The highest BCUT2D eigenvalue weighted by atomic mass is 79.9. The zero-order chi connectivity index (χ0) is 7.94. The van der Waals surface area contributed by atoms with E-state index >= 15 is 0 Å². The quantitative estimate of drug-likeness (QED) is 0.592. The van der Waals surface area contributed by atoms with Crippen molar-refractivity contribution in [2.24, 2.45) is 11.8 Å². The van der Waals surface area contributed by atoms with Crippen molar-refractivity contribution in [1.29, 1.82) is 0 Å². The van der Waals surface area contributed by atoms with Crippen molar-refractivity contribution in [2.75, 3.05) is 0 Å². The van der Waals surface area contributed by atoms with Crippen LogP contribution in [0.1, 0.15) is 13.3 Å². The third-order valence-corrected chi connectivity index (χ3v) is 2.97. The molecule has 0 amide bonds. The van der Waals surface area contributed by atoms with Gasteiger partial charge in [0.2, 0.25) is 0 Å². The molecule has 0 aliphatic heterocycles. The first-order valence-corrected chi connectivity index (χ1v) is 4.05. The standard InChI is InChI=1S/C6H8BrF3/c1-3(6(8,9)10)4-2-5(4)7/h3-5H,2H2,1H3. The molecule has 0 aromatic rings. The van der Waals surface area contributed by atoms with Gasteiger partial charge in [-0.15, -0.1) is 0 Å². The molecule has 0 N–H and O–H groups in total. The minimum absolute atomic E-state index is 0.101. The lowest BCUT2D eigenvalue weighted by Gasteiger charge is -2.13. The molecule has 0 saturated heterocycles. The van der Waals surface area contributed by atoms with Gasteiger partial charge in [-0.1, -0.05) is 22.9 Å². The van der Waals surface area contributed by atoms with E-state index < -0.39 is 12.1 Å². The molecule has 1 fully saturated rings. The van der Waals surface area contributed by atoms with Crippen LogP contribution in [0.15, 0.2) is 0 Å². The molecule has 0 nitrogen and oxygen atoms in total. The number of hydrogen-bond acceptors (Lipinski definition) is 0. The molecule has 3 atom stereocenters. The Balaban J connectivity index is 2.42. The number of alkyl halides is 4. The molecule has 0 radical (unpaired) electrons. The fourth-order valence-electron chi connectivity index (χ4n) is 0.942. The molecular formula is C6H8BrF3. The molecule has 0 heterocycles. The van der Waals surface area contributed by atoms with Crippen LogP contribution in [0.5, 0.6) is 0 Å². The summed E-state index contributed by atoms with van der Waals surface area (Å²) >= 11 is 3.14. The Kier molecular flexibility index (Phi) is 2.00. The maximum Gasteiger partial charge on any atom is 0.391 e. The average molecular weight is 217 g/mol. The van der Waals surface area contributed by atoms with Crippen LogP contribution in [0.25, 0.3) is 0 Å². The summed E-state index contributed by atoms with van der Waals surface area (Å²) in [6.07, 6.45) is -3.34. The van der Waals surface area contributed by atoms with E-state index in [9.17, 15) is 13.2 Å². The second-order valence-electron chi connectivity index (χ2n) is 2.75. The lowest BCUT2D eigenvalue weighted by molar-refractivity contribution is -0.174. The van der Waals surface area contributed by atoms with Crippen molar-refractivity contribution < 1.29 is 13.2 Å². The molecule has 3 unspecified atom stereocenters. The Bertz CT molecular complexity index is 131. The van der Waals surface area contributed by atoms with Gasteiger partial charge < -0.3 is 0 Å². The maximum atomic E-state index is 11.9. The van der Waals surface area contributed by atoms with Crippen molar-refractivity contribution in [3.05, 3.63) is 0 Å². The predicted molar refractivity (Wildman–Crippen MR) is 36.0 cm³/mol. The highest BCUT2D eigenvalue weighted by Crippen LogP contribution is 2.48. The molecule has 1 saturated carbocycles. The Hall–Kier alpha value is 0.270. The zero-order valence-corrected chi connectivity index (χ0v) is 7.04. The van der Waals surface area contributed by atoms with Gasteiger partial charge in [-0.05, 0) is 12.3 Å². The Morgan fingerprint density at radius 3 is 2.00 bits per heavy atom. The van der Waals surface area contributed by atoms with Crippen molar-refractivity contribution in [3.8, 4) is 0 Å². The highest BCUT2D eigenvalue weighted by Gasteiger charge is 2.50. The van der Waals surface area contributed by atoms with Crippen LogP contribution in [0.3, 0.4) is 0 Å². The van der Waals surface area contributed by atoms with Crippen molar-refractivity contribution in [3.63, 3.8) is 0 Å². The minimum Gasteiger partial charge on any atom is -0.171 e. The highest BCUT2D eigenvalue weighted by molar-refractivity contribution is 9.09. The molecule has 0 spiro atoms. The van der Waals surface area contributed by atoms with Crippen LogP contribution in [0.4, 0.5) is 13.2 Å². The van der Waals surface area contributed by atoms with E-state index in [2.05, 4.69) is 15.9 Å². The zero-order valence-electron chi connectivity index (χ0n) is 5.45. The lowest BCUT2D eigenvalue weighted by atomic mass is 10.1. The largest absolute Gasteiger partial charge is 0.391 e. The molecule has 0 aromatic heterocycles. The number of hydrogen-bond donors (Lipinski definition) is 0. The van der Waals surface area contributed by atoms with E-state index in [1.807, 2.05) is 0 Å². The minimum atomic E-state index is -4.01. The van der Waals surface area contributed by atoms with E-state index in [4.69, 9.17) is 0 Å². The third kappa shape index (κ3) is 1.65. The predicted octanol–water partition coefficient (Wildman–Crippen LogP) is 2.97. The van der Waals surface area contributed by atoms with Crippen molar-refractivity contribution in [2.45, 2.75) is 24.3 Å². The Morgan fingerprint density at radius 1 is 1.50 bits per heavy atom. The van der Waals surface area contributed by atoms with E-state index in [0.717, 1.165) is 0 Å². The summed E-state index contributed by atoms with van der Waals surface area (Å²) in [6.45, 7) is 1.24. The molecule has 0 aromatic carbocycles. The summed E-state index contributed by atoms with van der Waals surface area (Å²) in [7, 11) is 0. The van der Waals surface area contributed by atoms with Crippen molar-refractivity contribution in [1.82, 2.24) is 0 Å². The number of halogens is 4. The van der Waals surface area contributed by atoms with Crippen LogP contribution in [0, 0.1) is 11.8 Å². The molecular weight excluding hydrogens is 209 g/mol. The second-order valence-corrected chi connectivity index (χ2v) is 3.92. The summed E-state index contributed by atoms with van der Waals surface area (Å²) in [5, 5.41) is 0. The monoisotopic (exact) mass is 216 g/mol. The molecule has 4 heteroatoms.